The van der Waals surface area contributed by atoms with E-state index in [-0.39, 0.29) is 11.5 Å². The molecule has 0 unspecified atom stereocenters. The molecule has 0 saturated heterocycles. The minimum Gasteiger partial charge on any atom is -0.465 e. The van der Waals surface area contributed by atoms with Crippen LogP contribution in [0, 0.1) is 0 Å². The molecule has 0 aliphatic rings. The predicted molar refractivity (Wildman–Crippen MR) is 79.4 cm³/mol. The maximum Gasteiger partial charge on any atom is 0.340 e. The molecule has 4 heteroatoms. The Bertz CT molecular complexity index is 432. The molecule has 0 radical (unpaired) electrons. The Morgan fingerprint density at radius 2 is 1.84 bits per heavy atom. The van der Waals surface area contributed by atoms with Crippen molar-refractivity contribution in [2.75, 3.05) is 18.2 Å². The number of benzene rings is 1. The molecule has 1 aromatic rings. The average molecular weight is 264 g/mol. The van der Waals surface area contributed by atoms with E-state index in [9.17, 15) is 4.79 Å². The van der Waals surface area contributed by atoms with Gasteiger partial charge in [-0.15, -0.1) is 0 Å². The number of nitrogens with two attached hydrogens (primary N) is 1. The molecule has 0 aromatic heterocycles. The lowest BCUT2D eigenvalue weighted by Gasteiger charge is -2.34. The molecule has 0 saturated carbocycles. The highest BCUT2D eigenvalue weighted by Crippen LogP contribution is 2.31. The molecule has 0 bridgehead atoms. The summed E-state index contributed by atoms with van der Waals surface area (Å²) in [5.41, 5.74) is 7.71. The Kier molecular flexibility index (Phi) is 5.21. The number of nitrogen functional groups attached to an aromatic ring is 1. The smallest absolute Gasteiger partial charge is 0.340 e. The summed E-state index contributed by atoms with van der Waals surface area (Å²) in [6, 6.07) is 5.29. The third kappa shape index (κ3) is 3.19. The molecule has 0 fully saturated rings. The van der Waals surface area contributed by atoms with Crippen LogP contribution < -0.4 is 11.1 Å². The summed E-state index contributed by atoms with van der Waals surface area (Å²) >= 11 is 0. The van der Waals surface area contributed by atoms with E-state index in [2.05, 4.69) is 26.1 Å². The van der Waals surface area contributed by atoms with Gasteiger partial charge in [0.05, 0.1) is 24.0 Å². The lowest BCUT2D eigenvalue weighted by Crippen LogP contribution is -2.37. The predicted octanol–water partition coefficient (Wildman–Crippen LogP) is 3.44. The van der Waals surface area contributed by atoms with Crippen molar-refractivity contribution in [3.63, 3.8) is 0 Å². The van der Waals surface area contributed by atoms with Gasteiger partial charge in [-0.3, -0.25) is 0 Å². The molecule has 3 N–H and O–H groups in total. The highest BCUT2D eigenvalue weighted by molar-refractivity contribution is 5.98. The number of ether oxygens (including phenoxy) is 1. The lowest BCUT2D eigenvalue weighted by molar-refractivity contribution is 0.0601. The van der Waals surface area contributed by atoms with Crippen molar-refractivity contribution in [3.8, 4) is 0 Å². The van der Waals surface area contributed by atoms with E-state index < -0.39 is 0 Å². The van der Waals surface area contributed by atoms with Crippen LogP contribution >= 0.6 is 0 Å². The number of para-hydroxylation sites is 1. The quantitative estimate of drug-likeness (QED) is 0.610. The van der Waals surface area contributed by atoms with Crippen LogP contribution in [0.3, 0.4) is 0 Å². The fraction of sp³-hybridized carbons (Fsp3) is 0.533. The molecule has 0 atom stereocenters. The van der Waals surface area contributed by atoms with Gasteiger partial charge in [0.15, 0.2) is 0 Å². The second-order valence-electron chi connectivity index (χ2n) is 4.73. The number of carbonyl (C=O) groups is 1. The van der Waals surface area contributed by atoms with Gasteiger partial charge in [-0.05, 0) is 31.4 Å². The van der Waals surface area contributed by atoms with Crippen molar-refractivity contribution in [3.05, 3.63) is 23.8 Å². The Morgan fingerprint density at radius 1 is 1.26 bits per heavy atom. The van der Waals surface area contributed by atoms with Crippen LogP contribution in [-0.2, 0) is 4.74 Å². The Morgan fingerprint density at radius 3 is 2.32 bits per heavy atom. The first-order chi connectivity index (χ1) is 9.03. The highest BCUT2D eigenvalue weighted by atomic mass is 16.5. The van der Waals surface area contributed by atoms with Gasteiger partial charge in [-0.1, -0.05) is 26.8 Å². The van der Waals surface area contributed by atoms with E-state index in [4.69, 9.17) is 10.5 Å². The molecular weight excluding hydrogens is 240 g/mol. The monoisotopic (exact) mass is 264 g/mol. The van der Waals surface area contributed by atoms with E-state index in [0.717, 1.165) is 19.3 Å². The number of methoxy groups -OCH3 is 1. The fourth-order valence-electron chi connectivity index (χ4n) is 2.27. The van der Waals surface area contributed by atoms with Crippen molar-refractivity contribution in [2.24, 2.45) is 0 Å². The van der Waals surface area contributed by atoms with Crippen LogP contribution in [0.15, 0.2) is 18.2 Å². The minimum absolute atomic E-state index is 0.0434. The number of anilines is 2. The zero-order chi connectivity index (χ0) is 14.5. The van der Waals surface area contributed by atoms with Gasteiger partial charge in [-0.2, -0.15) is 0 Å². The van der Waals surface area contributed by atoms with Crippen LogP contribution in [0.5, 0.6) is 0 Å². The first-order valence-electron chi connectivity index (χ1n) is 6.78. The van der Waals surface area contributed by atoms with Crippen LogP contribution in [0.1, 0.15) is 50.4 Å². The summed E-state index contributed by atoms with van der Waals surface area (Å²) in [5.74, 6) is -0.369. The first kappa shape index (κ1) is 15.3. The van der Waals surface area contributed by atoms with E-state index in [0.29, 0.717) is 16.9 Å². The van der Waals surface area contributed by atoms with Gasteiger partial charge in [0.2, 0.25) is 0 Å². The van der Waals surface area contributed by atoms with Gasteiger partial charge in [0.1, 0.15) is 0 Å². The standard InChI is InChI=1S/C15H24N2O2/c1-5-15(6-2,7-3)17-13-11(14(18)19-4)9-8-10-12(13)16/h8-10,17H,5-7,16H2,1-4H3. The molecule has 19 heavy (non-hydrogen) atoms. The molecule has 0 spiro atoms. The van der Waals surface area contributed by atoms with Crippen LogP contribution in [0.4, 0.5) is 11.4 Å². The molecule has 0 aliphatic heterocycles. The van der Waals surface area contributed by atoms with Crippen molar-refractivity contribution in [1.29, 1.82) is 0 Å². The number of rotatable bonds is 6. The normalized spacial score (nSPS) is 11.2. The molecule has 0 heterocycles. The summed E-state index contributed by atoms with van der Waals surface area (Å²) < 4.78 is 4.81. The lowest BCUT2D eigenvalue weighted by atomic mass is 9.89. The molecule has 4 nitrogen and oxygen atoms in total. The Balaban J connectivity index is 3.22. The van der Waals surface area contributed by atoms with E-state index >= 15 is 0 Å². The summed E-state index contributed by atoms with van der Waals surface area (Å²) in [7, 11) is 1.38. The fourth-order valence-corrected chi connectivity index (χ4v) is 2.27. The second kappa shape index (κ2) is 6.45. The van der Waals surface area contributed by atoms with Crippen LogP contribution in [0.25, 0.3) is 0 Å². The zero-order valence-corrected chi connectivity index (χ0v) is 12.2. The topological polar surface area (TPSA) is 64.3 Å². The highest BCUT2D eigenvalue weighted by Gasteiger charge is 2.26. The number of carbonyl (C=O) groups excluding carboxylic acids is 1. The van der Waals surface area contributed by atoms with Crippen LogP contribution in [0.2, 0.25) is 0 Å². The van der Waals surface area contributed by atoms with Crippen molar-refractivity contribution in [1.82, 2.24) is 0 Å². The van der Waals surface area contributed by atoms with Gasteiger partial charge in [0.25, 0.3) is 0 Å². The molecule has 1 rings (SSSR count). The number of esters is 1. The summed E-state index contributed by atoms with van der Waals surface area (Å²) in [5, 5.41) is 3.47. The van der Waals surface area contributed by atoms with Crippen molar-refractivity contribution in [2.45, 2.75) is 45.6 Å². The number of hydrogen-bond donors (Lipinski definition) is 2. The minimum atomic E-state index is -0.369. The molecule has 0 aliphatic carbocycles. The van der Waals surface area contributed by atoms with Gasteiger partial charge < -0.3 is 15.8 Å². The molecule has 106 valence electrons. The largest absolute Gasteiger partial charge is 0.465 e. The Labute approximate surface area is 115 Å². The third-order valence-electron chi connectivity index (χ3n) is 3.92. The van der Waals surface area contributed by atoms with E-state index in [1.807, 2.05) is 0 Å². The van der Waals surface area contributed by atoms with Crippen LogP contribution in [-0.4, -0.2) is 18.6 Å². The number of hydrogen-bond acceptors (Lipinski definition) is 4. The third-order valence-corrected chi connectivity index (χ3v) is 3.92. The van der Waals surface area contributed by atoms with Gasteiger partial charge in [-0.25, -0.2) is 4.79 Å². The van der Waals surface area contributed by atoms with Crippen molar-refractivity contribution < 1.29 is 9.53 Å². The van der Waals surface area contributed by atoms with E-state index in [1.165, 1.54) is 7.11 Å². The summed E-state index contributed by atoms with van der Waals surface area (Å²) in [4.78, 5) is 11.8. The SMILES string of the molecule is CCC(CC)(CC)Nc1c(N)cccc1C(=O)OC. The number of nitrogens with one attached hydrogen (secondary N) is 1. The molecule has 1 aromatic carbocycles. The van der Waals surface area contributed by atoms with E-state index in [1.54, 1.807) is 18.2 Å². The second-order valence-corrected chi connectivity index (χ2v) is 4.73. The summed E-state index contributed by atoms with van der Waals surface area (Å²) in [6.07, 6.45) is 2.90. The average Bonchev–Trinajstić information content (AvgIpc) is 2.45. The zero-order valence-electron chi connectivity index (χ0n) is 12.2. The van der Waals surface area contributed by atoms with Gasteiger partial charge in [0, 0.05) is 5.54 Å². The molecule has 0 amide bonds. The summed E-state index contributed by atoms with van der Waals surface area (Å²) in [6.45, 7) is 6.41. The van der Waals surface area contributed by atoms with Crippen molar-refractivity contribution >= 4 is 17.3 Å². The maximum atomic E-state index is 11.8. The van der Waals surface area contributed by atoms with Gasteiger partial charge >= 0.3 is 5.97 Å². The molecular formula is C15H24N2O2. The first-order valence-corrected chi connectivity index (χ1v) is 6.78. The maximum absolute atomic E-state index is 11.8. The Hall–Kier alpha value is -1.71.